The van der Waals surface area contributed by atoms with Crippen LogP contribution in [0.1, 0.15) is 84.0 Å². The average molecular weight is 1010 g/mol. The number of carboxylic acids is 1. The summed E-state index contributed by atoms with van der Waals surface area (Å²) >= 11 is 1.01. The third-order valence-electron chi connectivity index (χ3n) is 11.3. The molecule has 394 valence electrons. The van der Waals surface area contributed by atoms with Gasteiger partial charge in [0.05, 0.1) is 18.5 Å². The lowest BCUT2D eigenvalue weighted by Crippen LogP contribution is -2.62. The second-order valence-corrected chi connectivity index (χ2v) is 18.0. The molecule has 0 aromatic rings. The molecule has 0 saturated carbocycles. The van der Waals surface area contributed by atoms with Gasteiger partial charge in [-0.3, -0.25) is 19.3 Å². The fraction of sp³-hybridized carbons (Fsp3) is 0.653. The number of hydrogen-bond acceptors (Lipinski definition) is 17. The first kappa shape index (κ1) is 60.0. The summed E-state index contributed by atoms with van der Waals surface area (Å²) in [5.74, 6) is -2.62. The summed E-state index contributed by atoms with van der Waals surface area (Å²) in [5.41, 5.74) is 0. The molecule has 3 saturated heterocycles. The number of carbonyl (C=O) groups excluding carboxylic acids is 4. The third-order valence-corrected chi connectivity index (χ3v) is 12.6. The van der Waals surface area contributed by atoms with Crippen LogP contribution in [-0.4, -0.2) is 184 Å². The van der Waals surface area contributed by atoms with Gasteiger partial charge in [-0.1, -0.05) is 79.8 Å². The van der Waals surface area contributed by atoms with Gasteiger partial charge < -0.3 is 69.7 Å². The smallest absolute Gasteiger partial charge is 0.407 e. The lowest BCUT2D eigenvalue weighted by molar-refractivity contribution is -0.328. The normalized spacial score (nSPS) is 28.1. The van der Waals surface area contributed by atoms with Crippen LogP contribution >= 0.6 is 11.8 Å². The summed E-state index contributed by atoms with van der Waals surface area (Å²) in [6.07, 6.45) is 16.6. The van der Waals surface area contributed by atoms with Crippen molar-refractivity contribution in [3.05, 3.63) is 72.9 Å². The number of rotatable bonds is 32. The van der Waals surface area contributed by atoms with Crippen LogP contribution in [0.5, 0.6) is 0 Å². The van der Waals surface area contributed by atoms with Gasteiger partial charge in [0.15, 0.2) is 18.7 Å². The number of imide groups is 1. The van der Waals surface area contributed by atoms with Crippen LogP contribution in [0.25, 0.3) is 0 Å². The Balaban J connectivity index is 1.29. The first-order valence-corrected chi connectivity index (χ1v) is 25.0. The lowest BCUT2D eigenvalue weighted by Gasteiger charge is -2.43. The van der Waals surface area contributed by atoms with E-state index in [-0.39, 0.29) is 38.3 Å². The number of aliphatic hydroxyl groups excluding tert-OH is 5. The predicted molar refractivity (Wildman–Crippen MR) is 259 cm³/mol. The Morgan fingerprint density at radius 1 is 0.743 bits per heavy atom. The summed E-state index contributed by atoms with van der Waals surface area (Å²) in [5, 5.41) is 66.4. The molecule has 12 atom stereocenters. The number of allylic oxidation sites excluding steroid dienone is 12. The molecule has 0 aromatic heterocycles. The number of nitrogens with zero attached hydrogens (tertiary/aromatic N) is 1. The van der Waals surface area contributed by atoms with E-state index >= 15 is 0 Å². The molecule has 3 rings (SSSR count). The highest BCUT2D eigenvalue weighted by atomic mass is 32.2. The zero-order valence-electron chi connectivity index (χ0n) is 40.4. The Kier molecular flexibility index (Phi) is 29.3. The van der Waals surface area contributed by atoms with Crippen molar-refractivity contribution >= 4 is 41.5 Å². The number of unbranched alkanes of at least 4 members (excludes halogenated alkanes) is 2. The van der Waals surface area contributed by atoms with Crippen molar-refractivity contribution in [1.29, 1.82) is 0 Å². The van der Waals surface area contributed by atoms with Crippen LogP contribution in [0.2, 0.25) is 0 Å². The molecule has 0 aliphatic carbocycles. The number of aliphatic carboxylic acids is 1. The third kappa shape index (κ3) is 21.2. The van der Waals surface area contributed by atoms with Gasteiger partial charge in [-0.25, -0.2) is 9.59 Å². The van der Waals surface area contributed by atoms with Crippen LogP contribution in [0.4, 0.5) is 4.79 Å². The van der Waals surface area contributed by atoms with E-state index in [1.807, 2.05) is 18.2 Å². The number of carboxylic acid groups (broad SMARTS) is 1. The highest BCUT2D eigenvalue weighted by molar-refractivity contribution is 8.00. The Hall–Kier alpha value is -4.26. The molecule has 0 bridgehead atoms. The van der Waals surface area contributed by atoms with Crippen molar-refractivity contribution < 1.29 is 83.0 Å². The van der Waals surface area contributed by atoms with Crippen LogP contribution in [0.3, 0.4) is 0 Å². The van der Waals surface area contributed by atoms with Crippen LogP contribution in [0, 0.1) is 0 Å². The molecule has 8 N–H and O–H groups in total. The van der Waals surface area contributed by atoms with Gasteiger partial charge in [0.25, 0.3) is 0 Å². The summed E-state index contributed by atoms with van der Waals surface area (Å²) in [6, 6.07) is -1.24. The molecule has 70 heavy (non-hydrogen) atoms. The molecule has 0 radical (unpaired) electrons. The molecule has 3 aliphatic heterocycles. The van der Waals surface area contributed by atoms with Gasteiger partial charge in [-0.15, -0.1) is 11.8 Å². The van der Waals surface area contributed by atoms with E-state index in [0.717, 1.165) is 48.8 Å². The van der Waals surface area contributed by atoms with Crippen LogP contribution in [-0.2, 0) is 47.6 Å². The van der Waals surface area contributed by atoms with Crippen molar-refractivity contribution in [2.24, 2.45) is 0 Å². The number of thioether (sulfide) groups is 1. The van der Waals surface area contributed by atoms with Gasteiger partial charge in [0.1, 0.15) is 48.8 Å². The Morgan fingerprint density at radius 3 is 1.91 bits per heavy atom. The highest BCUT2D eigenvalue weighted by Gasteiger charge is 2.49. The minimum atomic E-state index is -1.67. The van der Waals surface area contributed by atoms with Crippen molar-refractivity contribution in [3.8, 4) is 0 Å². The maximum atomic E-state index is 13.1. The van der Waals surface area contributed by atoms with E-state index < -0.39 is 109 Å². The van der Waals surface area contributed by atoms with Gasteiger partial charge in [0.2, 0.25) is 17.7 Å². The van der Waals surface area contributed by atoms with E-state index in [4.69, 9.17) is 28.4 Å². The van der Waals surface area contributed by atoms with E-state index in [2.05, 4.69) is 72.2 Å². The SMILES string of the molecule is CC/C=C\C/C=C\C/C=C\C/C=C\C/C=C\C/C=C\CCC(=O)N[C@H](CSC1CC(=O)N(CCCCCNC(=O)O[C@@H]2C(O)[C@@H](OC)OC(CO[C@@H]3OC(COC)[C@@H](O)[C@H](O)C3O)[C@H]2O)C1=O)C(=O)O. The van der Waals surface area contributed by atoms with Gasteiger partial charge in [-0.05, 0) is 64.2 Å². The zero-order chi connectivity index (χ0) is 51.3. The summed E-state index contributed by atoms with van der Waals surface area (Å²) in [7, 11) is 2.57. The second kappa shape index (κ2) is 34.2. The van der Waals surface area contributed by atoms with E-state index in [1.54, 1.807) is 0 Å². The highest BCUT2D eigenvalue weighted by Crippen LogP contribution is 2.28. The number of hydrogen-bond donors (Lipinski definition) is 8. The van der Waals surface area contributed by atoms with Crippen molar-refractivity contribution in [3.63, 3.8) is 0 Å². The summed E-state index contributed by atoms with van der Waals surface area (Å²) < 4.78 is 32.1. The Labute approximate surface area is 414 Å². The molecule has 4 amide bonds. The second-order valence-electron chi connectivity index (χ2n) is 16.7. The minimum absolute atomic E-state index is 0.0947. The topological polar surface area (TPSA) is 289 Å². The number of alkyl carbamates (subject to hydrolysis) is 1. The summed E-state index contributed by atoms with van der Waals surface area (Å²) in [6.45, 7) is 1.74. The van der Waals surface area contributed by atoms with Gasteiger partial charge in [-0.2, -0.15) is 0 Å². The number of aliphatic hydroxyl groups is 5. The molecular formula is C49H75N3O17S. The van der Waals surface area contributed by atoms with Crippen molar-refractivity contribution in [2.45, 2.75) is 157 Å². The number of likely N-dealkylation sites (tertiary alicyclic amines) is 1. The minimum Gasteiger partial charge on any atom is -0.480 e. The molecule has 0 spiro atoms. The van der Waals surface area contributed by atoms with Crippen molar-refractivity contribution in [1.82, 2.24) is 15.5 Å². The number of amides is 4. The van der Waals surface area contributed by atoms with Crippen LogP contribution < -0.4 is 10.6 Å². The van der Waals surface area contributed by atoms with Crippen molar-refractivity contribution in [2.75, 3.05) is 46.3 Å². The number of nitrogens with one attached hydrogen (secondary N) is 2. The molecule has 0 aromatic carbocycles. The standard InChI is InChI=1S/C49H75N3O17S/c1-4-5-6-7-8-9-10-11-12-13-14-15-16-17-18-19-20-21-23-26-37(53)51-33(46(61)62)32-70-36-29-38(54)52(45(36)60)28-25-22-24-27-50-49(63)69-44-40(56)35(67-47(65-3)43(44)59)31-66-48-42(58)41(57)39(55)34(68-48)30-64-2/h5-6,8-9,11-12,14-15,17-18,20-21,33-36,39-44,47-48,55-59H,4,7,10,13,16,19,22-32H2,1-3H3,(H,50,63)(H,51,53)(H,61,62)/b6-5-,9-8-,12-11-,15-14-,18-17-,21-20-/t33-,34?,35?,36?,39-,40-,41+,42?,43?,44+,47+,48-/m1/s1. The molecule has 3 fully saturated rings. The maximum Gasteiger partial charge on any atom is 0.407 e. The van der Waals surface area contributed by atoms with Gasteiger partial charge in [0, 0.05) is 45.9 Å². The fourth-order valence-electron chi connectivity index (χ4n) is 7.37. The molecule has 3 heterocycles. The average Bonchev–Trinajstić information content (AvgIpc) is 3.61. The largest absolute Gasteiger partial charge is 0.480 e. The number of ether oxygens (including phenoxy) is 6. The van der Waals surface area contributed by atoms with E-state index in [9.17, 15) is 54.6 Å². The Morgan fingerprint density at radius 2 is 1.33 bits per heavy atom. The zero-order valence-corrected chi connectivity index (χ0v) is 41.2. The molecule has 3 aliphatic rings. The first-order chi connectivity index (χ1) is 33.7. The predicted octanol–water partition coefficient (Wildman–Crippen LogP) is 2.72. The fourth-order valence-corrected chi connectivity index (χ4v) is 8.55. The number of methoxy groups -OCH3 is 2. The van der Waals surface area contributed by atoms with Crippen LogP contribution in [0.15, 0.2) is 72.9 Å². The Bertz CT molecular complexity index is 1780. The monoisotopic (exact) mass is 1010 g/mol. The van der Waals surface area contributed by atoms with E-state index in [0.29, 0.717) is 32.1 Å². The maximum absolute atomic E-state index is 13.1. The van der Waals surface area contributed by atoms with Gasteiger partial charge >= 0.3 is 12.1 Å². The molecule has 20 nitrogen and oxygen atoms in total. The lowest BCUT2D eigenvalue weighted by atomic mass is 9.98. The quantitative estimate of drug-likeness (QED) is 0.0273. The first-order valence-electron chi connectivity index (χ1n) is 23.9. The molecular weight excluding hydrogens is 935 g/mol. The van der Waals surface area contributed by atoms with E-state index in [1.165, 1.54) is 14.2 Å². The molecule has 5 unspecified atom stereocenters. The summed E-state index contributed by atoms with van der Waals surface area (Å²) in [4.78, 5) is 64.1. The number of carbonyl (C=O) groups is 5. The molecule has 21 heteroatoms.